The first-order valence-corrected chi connectivity index (χ1v) is 9.47. The van der Waals surface area contributed by atoms with Crippen LogP contribution in [0.25, 0.3) is 0 Å². The van der Waals surface area contributed by atoms with Gasteiger partial charge in [0.15, 0.2) is 0 Å². The van der Waals surface area contributed by atoms with Crippen LogP contribution in [0, 0.1) is 0 Å². The lowest BCUT2D eigenvalue weighted by molar-refractivity contribution is -0.464. The molecule has 0 radical (unpaired) electrons. The summed E-state index contributed by atoms with van der Waals surface area (Å²) in [6, 6.07) is 0. The first-order chi connectivity index (χ1) is 16.7. The molecule has 24 heteroatoms. The van der Waals surface area contributed by atoms with Crippen LogP contribution in [0.1, 0.15) is 12.8 Å². The minimum atomic E-state index is -9.18. The van der Waals surface area contributed by atoms with E-state index in [-0.39, 0.29) is 0 Å². The van der Waals surface area contributed by atoms with E-state index in [1.165, 1.54) is 0 Å². The number of amides is 1. The Morgan fingerprint density at radius 1 is 0.513 bits per heavy atom. The van der Waals surface area contributed by atoms with Gasteiger partial charge in [0.1, 0.15) is 0 Å². The number of carbonyl (C=O) groups is 1. The maximum Gasteiger partial charge on any atom is 0.393 e. The average Bonchev–Trinajstić information content (AvgIpc) is 2.74. The molecule has 0 aromatic rings. The molecule has 0 fully saturated rings. The van der Waals surface area contributed by atoms with Crippen LogP contribution in [0.2, 0.25) is 0 Å². The van der Waals surface area contributed by atoms with Crippen LogP contribution in [0.4, 0.5) is 87.8 Å². The SMILES string of the molecule is O=C(NCCCCO)C(F)(F)C(F)(F)C(F)(F)C(F)(F)C(F)(F)C(F)(F)C(F)(F)C(F)(F)C(F)(F)C(F)(F)Cl. The van der Waals surface area contributed by atoms with Gasteiger partial charge >= 0.3 is 58.7 Å². The number of rotatable bonds is 14. The van der Waals surface area contributed by atoms with Crippen LogP contribution in [0.5, 0.6) is 0 Å². The van der Waals surface area contributed by atoms with Crippen molar-refractivity contribution in [3.05, 3.63) is 0 Å². The fourth-order valence-electron chi connectivity index (χ4n) is 2.25. The first-order valence-electron chi connectivity index (χ1n) is 9.09. The summed E-state index contributed by atoms with van der Waals surface area (Å²) in [4.78, 5) is 11.1. The normalized spacial score (nSPS) is 15.9. The lowest BCUT2D eigenvalue weighted by atomic mass is 9.86. The van der Waals surface area contributed by atoms with E-state index in [9.17, 15) is 92.6 Å². The number of hydrogen-bond donors (Lipinski definition) is 2. The van der Waals surface area contributed by atoms with Crippen LogP contribution in [0.3, 0.4) is 0 Å². The Kier molecular flexibility index (Phi) is 9.86. The van der Waals surface area contributed by atoms with E-state index < -0.39 is 90.6 Å². The molecular weight excluding hydrogens is 642 g/mol. The topological polar surface area (TPSA) is 49.3 Å². The third-order valence-electron chi connectivity index (χ3n) is 4.67. The zero-order chi connectivity index (χ0) is 32.1. The van der Waals surface area contributed by atoms with Crippen molar-refractivity contribution in [1.82, 2.24) is 5.32 Å². The summed E-state index contributed by atoms with van der Waals surface area (Å²) in [5.41, 5.74) is 0. The van der Waals surface area contributed by atoms with Crippen LogP contribution < -0.4 is 5.32 Å². The molecule has 0 aliphatic carbocycles. The Morgan fingerprint density at radius 2 is 0.795 bits per heavy atom. The molecule has 1 amide bonds. The summed E-state index contributed by atoms with van der Waals surface area (Å²) in [5, 5.41) is 1.95. The van der Waals surface area contributed by atoms with E-state index in [0.29, 0.717) is 5.32 Å². The summed E-state index contributed by atoms with van der Waals surface area (Å²) < 4.78 is 268. The van der Waals surface area contributed by atoms with E-state index in [1.807, 2.05) is 0 Å². The number of unbranched alkanes of at least 4 members (excludes halogenated alkanes) is 1. The second-order valence-corrected chi connectivity index (χ2v) is 7.83. The molecule has 0 aliphatic rings. The predicted octanol–water partition coefficient (Wildman–Crippen LogP) is 6.42. The lowest BCUT2D eigenvalue weighted by Gasteiger charge is -2.44. The number of alkyl halides is 21. The number of nitrogens with one attached hydrogen (secondary N) is 1. The number of hydrogen-bond acceptors (Lipinski definition) is 2. The molecule has 3 nitrogen and oxygen atoms in total. The number of aliphatic hydroxyl groups excluding tert-OH is 1. The van der Waals surface area contributed by atoms with Gasteiger partial charge in [-0.1, -0.05) is 0 Å². The highest BCUT2D eigenvalue weighted by Gasteiger charge is 2.97. The van der Waals surface area contributed by atoms with Gasteiger partial charge in [0.2, 0.25) is 0 Å². The molecule has 0 bridgehead atoms. The Bertz CT molecular complexity index is 883. The molecule has 0 saturated carbocycles. The molecule has 0 spiro atoms. The first kappa shape index (κ1) is 37.3. The third kappa shape index (κ3) is 5.13. The van der Waals surface area contributed by atoms with Gasteiger partial charge in [-0.3, -0.25) is 4.79 Å². The summed E-state index contributed by atoms with van der Waals surface area (Å²) in [6.45, 7) is -1.99. The van der Waals surface area contributed by atoms with Gasteiger partial charge in [-0.15, -0.1) is 0 Å². The van der Waals surface area contributed by atoms with Crippen LogP contribution >= 0.6 is 11.6 Å². The fourth-order valence-corrected chi connectivity index (χ4v) is 2.37. The lowest BCUT2D eigenvalue weighted by Crippen LogP contribution is -2.77. The largest absolute Gasteiger partial charge is 0.396 e. The van der Waals surface area contributed by atoms with Gasteiger partial charge in [-0.05, 0) is 24.4 Å². The molecule has 2 N–H and O–H groups in total. The second-order valence-electron chi connectivity index (χ2n) is 7.35. The van der Waals surface area contributed by atoms with E-state index in [0.717, 1.165) is 0 Å². The van der Waals surface area contributed by atoms with Gasteiger partial charge < -0.3 is 10.4 Å². The van der Waals surface area contributed by atoms with Crippen molar-refractivity contribution in [2.45, 2.75) is 71.5 Å². The molecule has 0 unspecified atom stereocenters. The molecule has 0 atom stereocenters. The number of aliphatic hydroxyl groups is 1. The van der Waals surface area contributed by atoms with Crippen molar-refractivity contribution >= 4 is 17.5 Å². The fraction of sp³-hybridized carbons (Fsp3) is 0.933. The summed E-state index contributed by atoms with van der Waals surface area (Å²) in [5.74, 6) is -81.2. The molecule has 39 heavy (non-hydrogen) atoms. The Labute approximate surface area is 206 Å². The minimum Gasteiger partial charge on any atom is -0.396 e. The summed E-state index contributed by atoms with van der Waals surface area (Å²) in [7, 11) is 0. The quantitative estimate of drug-likeness (QED) is 0.129. The average molecular weight is 652 g/mol. The van der Waals surface area contributed by atoms with Crippen LogP contribution in [0.15, 0.2) is 0 Å². The highest BCUT2D eigenvalue weighted by molar-refractivity contribution is 6.22. The monoisotopic (exact) mass is 651 g/mol. The number of carbonyl (C=O) groups excluding carboxylic acids is 1. The minimum absolute atomic E-state index is 0.411. The Morgan fingerprint density at radius 3 is 1.08 bits per heavy atom. The summed E-state index contributed by atoms with van der Waals surface area (Å²) >= 11 is 3.31. The van der Waals surface area contributed by atoms with Gasteiger partial charge in [-0.25, -0.2) is 0 Å². The van der Waals surface area contributed by atoms with Gasteiger partial charge in [-0.2, -0.15) is 87.8 Å². The second kappa shape index (κ2) is 10.3. The maximum absolute atomic E-state index is 13.7. The third-order valence-corrected chi connectivity index (χ3v) is 4.90. The molecular formula is C15H10ClF20NO2. The molecule has 234 valence electrons. The highest BCUT2D eigenvalue weighted by Crippen LogP contribution is 2.66. The highest BCUT2D eigenvalue weighted by atomic mass is 35.5. The molecule has 0 saturated heterocycles. The number of halogens is 21. The van der Waals surface area contributed by atoms with Gasteiger partial charge in [0.25, 0.3) is 5.91 Å². The van der Waals surface area contributed by atoms with E-state index in [2.05, 4.69) is 11.6 Å². The summed E-state index contributed by atoms with van der Waals surface area (Å²) in [6.07, 6.45) is -1.03. The van der Waals surface area contributed by atoms with Crippen molar-refractivity contribution < 1.29 is 97.7 Å². The molecule has 0 heterocycles. The van der Waals surface area contributed by atoms with Crippen LogP contribution in [-0.4, -0.2) is 82.8 Å². The Hall–Kier alpha value is -1.68. The van der Waals surface area contributed by atoms with Crippen molar-refractivity contribution in [2.75, 3.05) is 13.2 Å². The standard InChI is InChI=1S/C15H10ClF20NO2/c16-15(35,36)14(33,34)13(31,32)12(29,30)11(27,28)10(25,26)9(23,24)8(21,22)7(19,20)6(17,18)5(39)37-3-1-2-4-38/h38H,1-4H2,(H,37,39). The molecule has 0 aromatic carbocycles. The molecule has 0 aromatic heterocycles. The zero-order valence-corrected chi connectivity index (χ0v) is 18.4. The van der Waals surface area contributed by atoms with Gasteiger partial charge in [0, 0.05) is 13.2 Å². The van der Waals surface area contributed by atoms with Crippen molar-refractivity contribution in [3.63, 3.8) is 0 Å². The van der Waals surface area contributed by atoms with Crippen molar-refractivity contribution in [2.24, 2.45) is 0 Å². The molecule has 0 rings (SSSR count). The van der Waals surface area contributed by atoms with E-state index >= 15 is 0 Å². The van der Waals surface area contributed by atoms with E-state index in [1.54, 1.807) is 0 Å². The molecule has 0 aliphatic heterocycles. The van der Waals surface area contributed by atoms with Crippen molar-refractivity contribution in [3.8, 4) is 0 Å². The maximum atomic E-state index is 13.7. The van der Waals surface area contributed by atoms with Gasteiger partial charge in [0.05, 0.1) is 0 Å². The van der Waals surface area contributed by atoms with E-state index in [4.69, 9.17) is 5.11 Å². The zero-order valence-electron chi connectivity index (χ0n) is 17.6. The smallest absolute Gasteiger partial charge is 0.393 e. The Balaban J connectivity index is 6.85. The van der Waals surface area contributed by atoms with Crippen molar-refractivity contribution in [1.29, 1.82) is 0 Å². The van der Waals surface area contributed by atoms with Crippen LogP contribution in [-0.2, 0) is 4.79 Å². The predicted molar refractivity (Wildman–Crippen MR) is 84.7 cm³/mol.